The van der Waals surface area contributed by atoms with Crippen molar-refractivity contribution in [2.24, 2.45) is 0 Å². The molecule has 8 heteroatoms. The summed E-state index contributed by atoms with van der Waals surface area (Å²) in [5.41, 5.74) is -0.283. The molecule has 3 N–H and O–H groups in total. The highest BCUT2D eigenvalue weighted by atomic mass is 19.1. The van der Waals surface area contributed by atoms with Crippen molar-refractivity contribution in [2.75, 3.05) is 6.54 Å². The lowest BCUT2D eigenvalue weighted by Gasteiger charge is -2.13. The number of halogens is 2. The maximum atomic E-state index is 13.4. The standard InChI is InChI=1S/C16H20F2N2O4/c1-2-4-13(16(23)24)20-14(21)5-3-8-19-15(22)11-7-6-10(17)9-12(11)18/h6-7,9,13H,2-5,8H2,1H3,(H,19,22)(H,20,21)(H,23,24). The van der Waals surface area contributed by atoms with E-state index in [4.69, 9.17) is 5.11 Å². The Morgan fingerprint density at radius 1 is 1.25 bits per heavy atom. The molecule has 2 amide bonds. The largest absolute Gasteiger partial charge is 0.480 e. The molecule has 0 saturated heterocycles. The molecule has 1 unspecified atom stereocenters. The number of hydrogen-bond acceptors (Lipinski definition) is 3. The fourth-order valence-corrected chi connectivity index (χ4v) is 2.03. The Morgan fingerprint density at radius 3 is 2.54 bits per heavy atom. The van der Waals surface area contributed by atoms with E-state index in [2.05, 4.69) is 10.6 Å². The molecule has 0 heterocycles. The lowest BCUT2D eigenvalue weighted by molar-refractivity contribution is -0.142. The number of benzene rings is 1. The molecule has 0 aliphatic rings. The predicted octanol–water partition coefficient (Wildman–Crippen LogP) is 1.84. The molecule has 24 heavy (non-hydrogen) atoms. The molecular formula is C16H20F2N2O4. The van der Waals surface area contributed by atoms with E-state index in [1.807, 2.05) is 6.92 Å². The molecule has 0 aliphatic heterocycles. The van der Waals surface area contributed by atoms with E-state index in [0.717, 1.165) is 12.1 Å². The van der Waals surface area contributed by atoms with E-state index < -0.39 is 35.5 Å². The Balaban J connectivity index is 2.36. The van der Waals surface area contributed by atoms with E-state index >= 15 is 0 Å². The van der Waals surface area contributed by atoms with Gasteiger partial charge in [0.25, 0.3) is 5.91 Å². The fourth-order valence-electron chi connectivity index (χ4n) is 2.03. The number of hydrogen-bond donors (Lipinski definition) is 3. The van der Waals surface area contributed by atoms with E-state index in [-0.39, 0.29) is 24.9 Å². The van der Waals surface area contributed by atoms with E-state index in [9.17, 15) is 23.2 Å². The van der Waals surface area contributed by atoms with Crippen LogP contribution >= 0.6 is 0 Å². The van der Waals surface area contributed by atoms with Crippen LogP contribution in [-0.4, -0.2) is 35.5 Å². The monoisotopic (exact) mass is 342 g/mol. The van der Waals surface area contributed by atoms with Gasteiger partial charge in [-0.15, -0.1) is 0 Å². The van der Waals surface area contributed by atoms with Gasteiger partial charge >= 0.3 is 5.97 Å². The van der Waals surface area contributed by atoms with Gasteiger partial charge < -0.3 is 15.7 Å². The summed E-state index contributed by atoms with van der Waals surface area (Å²) in [6.07, 6.45) is 1.25. The van der Waals surface area contributed by atoms with Gasteiger partial charge in [-0.1, -0.05) is 13.3 Å². The van der Waals surface area contributed by atoms with Crippen molar-refractivity contribution in [3.05, 3.63) is 35.4 Å². The smallest absolute Gasteiger partial charge is 0.326 e. The van der Waals surface area contributed by atoms with Crippen molar-refractivity contribution in [3.8, 4) is 0 Å². The first-order valence-corrected chi connectivity index (χ1v) is 7.60. The zero-order valence-electron chi connectivity index (χ0n) is 13.3. The topological polar surface area (TPSA) is 95.5 Å². The number of nitrogens with one attached hydrogen (secondary N) is 2. The number of amides is 2. The minimum absolute atomic E-state index is 0.0275. The zero-order chi connectivity index (χ0) is 18.1. The molecule has 1 rings (SSSR count). The molecule has 1 aromatic rings. The van der Waals surface area contributed by atoms with Crippen LogP contribution < -0.4 is 10.6 Å². The van der Waals surface area contributed by atoms with Gasteiger partial charge in [-0.05, 0) is 25.0 Å². The highest BCUT2D eigenvalue weighted by Crippen LogP contribution is 2.09. The Kier molecular flexibility index (Phi) is 7.81. The second kappa shape index (κ2) is 9.59. The van der Waals surface area contributed by atoms with Crippen LogP contribution in [0.2, 0.25) is 0 Å². The maximum absolute atomic E-state index is 13.4. The van der Waals surface area contributed by atoms with Crippen molar-refractivity contribution in [1.82, 2.24) is 10.6 Å². The third-order valence-corrected chi connectivity index (χ3v) is 3.25. The minimum atomic E-state index is -1.09. The Labute approximate surface area is 138 Å². The fraction of sp³-hybridized carbons (Fsp3) is 0.438. The normalized spacial score (nSPS) is 11.6. The number of rotatable bonds is 9. The Bertz CT molecular complexity index is 608. The molecule has 0 spiro atoms. The van der Waals surface area contributed by atoms with Gasteiger partial charge in [-0.25, -0.2) is 13.6 Å². The summed E-state index contributed by atoms with van der Waals surface area (Å²) in [5, 5.41) is 13.8. The van der Waals surface area contributed by atoms with Crippen molar-refractivity contribution in [3.63, 3.8) is 0 Å². The Morgan fingerprint density at radius 2 is 1.96 bits per heavy atom. The summed E-state index contributed by atoms with van der Waals surface area (Å²) in [5.74, 6) is -3.97. The molecule has 0 aliphatic carbocycles. The molecule has 1 atom stereocenters. The van der Waals surface area contributed by atoms with Gasteiger partial charge in [-0.3, -0.25) is 9.59 Å². The van der Waals surface area contributed by atoms with Crippen LogP contribution in [0, 0.1) is 11.6 Å². The van der Waals surface area contributed by atoms with Gasteiger partial charge in [0.05, 0.1) is 5.56 Å². The molecule has 0 saturated carbocycles. The van der Waals surface area contributed by atoms with Gasteiger partial charge in [0.15, 0.2) is 0 Å². The van der Waals surface area contributed by atoms with E-state index in [1.54, 1.807) is 0 Å². The summed E-state index contributed by atoms with van der Waals surface area (Å²) in [6, 6.07) is 1.70. The first-order valence-electron chi connectivity index (χ1n) is 7.60. The van der Waals surface area contributed by atoms with Crippen LogP contribution in [-0.2, 0) is 9.59 Å². The molecule has 0 radical (unpaired) electrons. The first kappa shape index (κ1) is 19.5. The lowest BCUT2D eigenvalue weighted by Crippen LogP contribution is -2.40. The molecule has 132 valence electrons. The van der Waals surface area contributed by atoms with Crippen LogP contribution in [0.3, 0.4) is 0 Å². The second-order valence-corrected chi connectivity index (χ2v) is 5.23. The van der Waals surface area contributed by atoms with Gasteiger partial charge in [0.2, 0.25) is 5.91 Å². The van der Waals surface area contributed by atoms with Crippen LogP contribution in [0.4, 0.5) is 8.78 Å². The SMILES string of the molecule is CCCC(NC(=O)CCCNC(=O)c1ccc(F)cc1F)C(=O)O. The van der Waals surface area contributed by atoms with E-state index in [1.165, 1.54) is 0 Å². The summed E-state index contributed by atoms with van der Waals surface area (Å²) in [6.45, 7) is 1.92. The molecule has 1 aromatic carbocycles. The average molecular weight is 342 g/mol. The van der Waals surface area contributed by atoms with Crippen molar-refractivity contribution in [1.29, 1.82) is 0 Å². The summed E-state index contributed by atoms with van der Waals surface area (Å²) in [4.78, 5) is 34.3. The summed E-state index contributed by atoms with van der Waals surface area (Å²) in [7, 11) is 0. The molecule has 0 aromatic heterocycles. The highest BCUT2D eigenvalue weighted by molar-refractivity contribution is 5.94. The molecule has 0 bridgehead atoms. The van der Waals surface area contributed by atoms with Crippen molar-refractivity contribution >= 4 is 17.8 Å². The zero-order valence-corrected chi connectivity index (χ0v) is 13.3. The number of carboxylic acids is 1. The van der Waals surface area contributed by atoms with Crippen LogP contribution in [0.25, 0.3) is 0 Å². The summed E-state index contributed by atoms with van der Waals surface area (Å²) >= 11 is 0. The highest BCUT2D eigenvalue weighted by Gasteiger charge is 2.18. The van der Waals surface area contributed by atoms with Crippen molar-refractivity contribution < 1.29 is 28.3 Å². The minimum Gasteiger partial charge on any atom is -0.480 e. The Hall–Kier alpha value is -2.51. The number of carboxylic acid groups (broad SMARTS) is 1. The van der Waals surface area contributed by atoms with Crippen molar-refractivity contribution in [2.45, 2.75) is 38.6 Å². The average Bonchev–Trinajstić information content (AvgIpc) is 2.50. The van der Waals surface area contributed by atoms with Crippen LogP contribution in [0.15, 0.2) is 18.2 Å². The van der Waals surface area contributed by atoms with Crippen LogP contribution in [0.5, 0.6) is 0 Å². The number of carbonyl (C=O) groups is 3. The summed E-state index contributed by atoms with van der Waals surface area (Å²) < 4.78 is 26.2. The second-order valence-electron chi connectivity index (χ2n) is 5.23. The van der Waals surface area contributed by atoms with Crippen LogP contribution in [0.1, 0.15) is 43.0 Å². The molecule has 6 nitrogen and oxygen atoms in total. The number of aliphatic carboxylic acids is 1. The van der Waals surface area contributed by atoms with Gasteiger partial charge in [0, 0.05) is 19.0 Å². The predicted molar refractivity (Wildman–Crippen MR) is 82.4 cm³/mol. The van der Waals surface area contributed by atoms with Gasteiger partial charge in [-0.2, -0.15) is 0 Å². The maximum Gasteiger partial charge on any atom is 0.326 e. The molecular weight excluding hydrogens is 322 g/mol. The molecule has 0 fully saturated rings. The number of carbonyl (C=O) groups excluding carboxylic acids is 2. The quantitative estimate of drug-likeness (QED) is 0.597. The van der Waals surface area contributed by atoms with Gasteiger partial charge in [0.1, 0.15) is 17.7 Å². The third-order valence-electron chi connectivity index (χ3n) is 3.25. The van der Waals surface area contributed by atoms with E-state index in [0.29, 0.717) is 18.9 Å². The third kappa shape index (κ3) is 6.31. The first-order chi connectivity index (χ1) is 11.3. The lowest BCUT2D eigenvalue weighted by atomic mass is 10.1.